The molecule has 7 heteroatoms. The minimum atomic E-state index is -0.754. The summed E-state index contributed by atoms with van der Waals surface area (Å²) in [6, 6.07) is 12.5. The number of hydrogen-bond acceptors (Lipinski definition) is 6. The first-order valence-electron chi connectivity index (χ1n) is 7.98. The highest BCUT2D eigenvalue weighted by molar-refractivity contribution is 5.82. The van der Waals surface area contributed by atoms with E-state index < -0.39 is 6.10 Å². The molecule has 0 spiro atoms. The molecule has 3 rings (SSSR count). The van der Waals surface area contributed by atoms with Gasteiger partial charge in [0.15, 0.2) is 23.0 Å². The molecule has 1 atom stereocenters. The van der Waals surface area contributed by atoms with Crippen LogP contribution >= 0.6 is 0 Å². The number of hydrazine groups is 1. The highest BCUT2D eigenvalue weighted by Crippen LogP contribution is 2.31. The summed E-state index contributed by atoms with van der Waals surface area (Å²) in [5, 5.41) is 0. The fraction of sp³-hybridized carbons (Fsp3) is 0.211. The number of methoxy groups -OCH3 is 2. The van der Waals surface area contributed by atoms with E-state index >= 15 is 0 Å². The summed E-state index contributed by atoms with van der Waals surface area (Å²) in [5.74, 6) is 1.98. The van der Waals surface area contributed by atoms with Gasteiger partial charge in [0.2, 0.25) is 6.10 Å². The van der Waals surface area contributed by atoms with Crippen molar-refractivity contribution in [3.63, 3.8) is 0 Å². The summed E-state index contributed by atoms with van der Waals surface area (Å²) in [4.78, 5) is 12.3. The van der Waals surface area contributed by atoms with E-state index in [2.05, 4.69) is 17.4 Å². The fourth-order valence-corrected chi connectivity index (χ4v) is 2.46. The molecule has 0 saturated carbocycles. The topological polar surface area (TPSA) is 78.1 Å². The predicted octanol–water partition coefficient (Wildman–Crippen LogP) is 2.14. The van der Waals surface area contributed by atoms with Gasteiger partial charge in [-0.15, -0.1) is 0 Å². The first-order chi connectivity index (χ1) is 12.6. The summed E-state index contributed by atoms with van der Waals surface area (Å²) in [7, 11) is 3.12. The van der Waals surface area contributed by atoms with Gasteiger partial charge in [-0.05, 0) is 30.3 Å². The highest BCUT2D eigenvalue weighted by Gasteiger charge is 2.27. The van der Waals surface area contributed by atoms with Crippen molar-refractivity contribution in [2.24, 2.45) is 0 Å². The Bertz CT molecular complexity index is 821. The van der Waals surface area contributed by atoms with Crippen LogP contribution in [0.15, 0.2) is 49.0 Å². The van der Waals surface area contributed by atoms with E-state index in [1.165, 1.54) is 0 Å². The number of fused-ring (bicyclic) bond motifs is 1. The lowest BCUT2D eigenvalue weighted by Gasteiger charge is -2.25. The summed E-state index contributed by atoms with van der Waals surface area (Å²) >= 11 is 0. The number of para-hydroxylation sites is 2. The molecule has 0 radical (unpaired) electrons. The third kappa shape index (κ3) is 3.66. The molecule has 2 N–H and O–H groups in total. The first kappa shape index (κ1) is 17.5. The molecular formula is C19H20N2O5. The second kappa shape index (κ2) is 7.69. The number of carbonyl (C=O) groups excluding carboxylic acids is 1. The van der Waals surface area contributed by atoms with Crippen molar-refractivity contribution >= 4 is 11.6 Å². The summed E-state index contributed by atoms with van der Waals surface area (Å²) < 4.78 is 21.7. The van der Waals surface area contributed by atoms with Crippen molar-refractivity contribution in [1.29, 1.82) is 0 Å². The maximum absolute atomic E-state index is 12.3. The van der Waals surface area contributed by atoms with Crippen LogP contribution in [0.25, 0.3) is 5.70 Å². The predicted molar refractivity (Wildman–Crippen MR) is 96.2 cm³/mol. The van der Waals surface area contributed by atoms with Crippen LogP contribution in [0.4, 0.5) is 0 Å². The van der Waals surface area contributed by atoms with E-state index in [0.29, 0.717) is 28.7 Å². The Balaban J connectivity index is 1.59. The molecule has 0 unspecified atom stereocenters. The Kier molecular flexibility index (Phi) is 5.17. The lowest BCUT2D eigenvalue weighted by Crippen LogP contribution is -2.48. The Hall–Kier alpha value is -3.35. The SMILES string of the molecule is C=C(NNC(=O)[C@@H]1COc2ccccc2O1)c1ccc(OC)c(OC)c1. The van der Waals surface area contributed by atoms with Gasteiger partial charge in [-0.3, -0.25) is 15.6 Å². The maximum Gasteiger partial charge on any atom is 0.282 e. The van der Waals surface area contributed by atoms with E-state index in [0.717, 1.165) is 5.56 Å². The van der Waals surface area contributed by atoms with Crippen LogP contribution in [0.1, 0.15) is 5.56 Å². The van der Waals surface area contributed by atoms with Crippen LogP contribution in [0.2, 0.25) is 0 Å². The summed E-state index contributed by atoms with van der Waals surface area (Å²) in [6.45, 7) is 4.05. The molecular weight excluding hydrogens is 336 g/mol. The van der Waals surface area contributed by atoms with Crippen molar-refractivity contribution in [2.75, 3.05) is 20.8 Å². The molecule has 1 heterocycles. The molecule has 2 aromatic rings. The number of benzene rings is 2. The minimum Gasteiger partial charge on any atom is -0.493 e. The van der Waals surface area contributed by atoms with Crippen LogP contribution in [0.3, 0.4) is 0 Å². The Labute approximate surface area is 151 Å². The number of nitrogens with one attached hydrogen (secondary N) is 2. The van der Waals surface area contributed by atoms with Gasteiger partial charge in [0, 0.05) is 5.56 Å². The van der Waals surface area contributed by atoms with Gasteiger partial charge >= 0.3 is 0 Å². The van der Waals surface area contributed by atoms with Crippen molar-refractivity contribution in [2.45, 2.75) is 6.10 Å². The molecule has 0 bridgehead atoms. The number of rotatable bonds is 6. The maximum atomic E-state index is 12.3. The Morgan fingerprint density at radius 3 is 2.54 bits per heavy atom. The van der Waals surface area contributed by atoms with E-state index in [1.807, 2.05) is 12.1 Å². The normalized spacial score (nSPS) is 14.9. The van der Waals surface area contributed by atoms with Crippen LogP contribution < -0.4 is 29.8 Å². The lowest BCUT2D eigenvalue weighted by molar-refractivity contribution is -0.131. The van der Waals surface area contributed by atoms with Crippen molar-refractivity contribution in [3.8, 4) is 23.0 Å². The van der Waals surface area contributed by atoms with Gasteiger partial charge in [-0.25, -0.2) is 0 Å². The van der Waals surface area contributed by atoms with Crippen LogP contribution in [-0.4, -0.2) is 32.8 Å². The minimum absolute atomic E-state index is 0.132. The van der Waals surface area contributed by atoms with E-state index in [-0.39, 0.29) is 12.5 Å². The van der Waals surface area contributed by atoms with Gasteiger partial charge in [0.25, 0.3) is 5.91 Å². The van der Waals surface area contributed by atoms with E-state index in [1.54, 1.807) is 44.6 Å². The van der Waals surface area contributed by atoms with Gasteiger partial charge in [-0.2, -0.15) is 0 Å². The number of ether oxygens (including phenoxy) is 4. The quantitative estimate of drug-likeness (QED) is 0.772. The molecule has 2 aromatic carbocycles. The summed E-state index contributed by atoms with van der Waals surface area (Å²) in [6.07, 6.45) is -0.754. The second-order valence-corrected chi connectivity index (χ2v) is 5.53. The Morgan fingerprint density at radius 1 is 1.08 bits per heavy atom. The molecule has 1 aliphatic rings. The van der Waals surface area contributed by atoms with Crippen molar-refractivity contribution < 1.29 is 23.7 Å². The average Bonchev–Trinajstić information content (AvgIpc) is 2.70. The standard InChI is InChI=1S/C19H20N2O5/c1-12(13-8-9-14(23-2)17(10-13)24-3)20-21-19(22)18-11-25-15-6-4-5-7-16(15)26-18/h4-10,18,20H,1,11H2,2-3H3,(H,21,22)/t18-/m0/s1. The molecule has 0 aromatic heterocycles. The molecule has 0 aliphatic carbocycles. The van der Waals surface area contributed by atoms with Crippen molar-refractivity contribution in [3.05, 3.63) is 54.6 Å². The largest absolute Gasteiger partial charge is 0.493 e. The monoisotopic (exact) mass is 356 g/mol. The molecule has 1 amide bonds. The highest BCUT2D eigenvalue weighted by atomic mass is 16.6. The third-order valence-corrected chi connectivity index (χ3v) is 3.87. The van der Waals surface area contributed by atoms with Crippen LogP contribution in [0.5, 0.6) is 23.0 Å². The zero-order chi connectivity index (χ0) is 18.5. The molecule has 1 aliphatic heterocycles. The summed E-state index contributed by atoms with van der Waals surface area (Å²) in [5.41, 5.74) is 6.61. The van der Waals surface area contributed by atoms with Crippen molar-refractivity contribution in [1.82, 2.24) is 10.9 Å². The third-order valence-electron chi connectivity index (χ3n) is 3.87. The fourth-order valence-electron chi connectivity index (χ4n) is 2.46. The number of carbonyl (C=O) groups is 1. The van der Waals surface area contributed by atoms with Gasteiger partial charge < -0.3 is 18.9 Å². The smallest absolute Gasteiger partial charge is 0.282 e. The number of amides is 1. The van der Waals surface area contributed by atoms with Gasteiger partial charge in [0.05, 0.1) is 19.9 Å². The average molecular weight is 356 g/mol. The van der Waals surface area contributed by atoms with Gasteiger partial charge in [0.1, 0.15) is 6.61 Å². The Morgan fingerprint density at radius 2 is 1.81 bits per heavy atom. The molecule has 26 heavy (non-hydrogen) atoms. The van der Waals surface area contributed by atoms with Crippen LogP contribution in [0, 0.1) is 0 Å². The number of hydrogen-bond donors (Lipinski definition) is 2. The molecule has 0 fully saturated rings. The zero-order valence-electron chi connectivity index (χ0n) is 14.6. The first-order valence-corrected chi connectivity index (χ1v) is 7.98. The molecule has 0 saturated heterocycles. The van der Waals surface area contributed by atoms with Crippen LogP contribution in [-0.2, 0) is 4.79 Å². The molecule has 136 valence electrons. The molecule has 7 nitrogen and oxygen atoms in total. The van der Waals surface area contributed by atoms with E-state index in [4.69, 9.17) is 18.9 Å². The zero-order valence-corrected chi connectivity index (χ0v) is 14.6. The second-order valence-electron chi connectivity index (χ2n) is 5.53. The van der Waals surface area contributed by atoms with Gasteiger partial charge in [-0.1, -0.05) is 18.7 Å². The van der Waals surface area contributed by atoms with E-state index in [9.17, 15) is 4.79 Å². The lowest BCUT2D eigenvalue weighted by atomic mass is 10.1.